The predicted octanol–water partition coefficient (Wildman–Crippen LogP) is 0.706. The topological polar surface area (TPSA) is 41.6 Å². The van der Waals surface area contributed by atoms with Gasteiger partial charge in [-0.15, -0.1) is 0 Å². The fraction of sp³-hybridized carbons (Fsp3) is 0.417. The van der Waals surface area contributed by atoms with E-state index < -0.39 is 0 Å². The van der Waals surface area contributed by atoms with E-state index in [1.54, 1.807) is 0 Å². The zero-order chi connectivity index (χ0) is 11.2. The lowest BCUT2D eigenvalue weighted by atomic mass is 10.2. The van der Waals surface area contributed by atoms with Crippen molar-refractivity contribution in [3.8, 4) is 0 Å². The van der Waals surface area contributed by atoms with Gasteiger partial charge in [0.05, 0.1) is 19.9 Å². The van der Waals surface area contributed by atoms with Gasteiger partial charge in [-0.25, -0.2) is 0 Å². The Bertz CT molecular complexity index is 334. The summed E-state index contributed by atoms with van der Waals surface area (Å²) in [5, 5.41) is 2.90. The van der Waals surface area contributed by atoms with Crippen molar-refractivity contribution in [1.82, 2.24) is 10.2 Å². The Hall–Kier alpha value is -1.39. The van der Waals surface area contributed by atoms with E-state index in [0.717, 1.165) is 26.3 Å². The van der Waals surface area contributed by atoms with Gasteiger partial charge in [0.15, 0.2) is 0 Å². The Morgan fingerprint density at radius 2 is 1.94 bits per heavy atom. The molecule has 4 heteroatoms. The number of carbonyl (C=O) groups excluding carboxylic acids is 1. The average molecular weight is 220 g/mol. The van der Waals surface area contributed by atoms with E-state index in [0.29, 0.717) is 12.2 Å². The molecule has 0 spiro atoms. The Morgan fingerprint density at radius 3 is 2.62 bits per heavy atom. The van der Waals surface area contributed by atoms with Crippen LogP contribution in [0, 0.1) is 0 Å². The molecule has 1 saturated heterocycles. The summed E-state index contributed by atoms with van der Waals surface area (Å²) in [6.45, 7) is 3.86. The highest BCUT2D eigenvalue weighted by Gasteiger charge is 2.11. The number of amides is 1. The molecule has 0 bridgehead atoms. The van der Waals surface area contributed by atoms with Crippen molar-refractivity contribution in [2.24, 2.45) is 0 Å². The van der Waals surface area contributed by atoms with Crippen molar-refractivity contribution in [2.45, 2.75) is 0 Å². The minimum atomic E-state index is -0.0212. The highest BCUT2D eigenvalue weighted by Crippen LogP contribution is 1.99. The fourth-order valence-corrected chi connectivity index (χ4v) is 1.63. The number of nitrogens with zero attached hydrogens (tertiary/aromatic N) is 1. The molecule has 1 aliphatic rings. The average Bonchev–Trinajstić information content (AvgIpc) is 2.38. The van der Waals surface area contributed by atoms with Crippen LogP contribution in [0.4, 0.5) is 0 Å². The van der Waals surface area contributed by atoms with Gasteiger partial charge in [0.2, 0.25) is 0 Å². The standard InChI is InChI=1S/C12H16N2O2/c15-12(11-4-2-1-3-5-11)13-10-14-6-8-16-9-7-14/h1-5H,6-10H2,(H,13,15). The van der Waals surface area contributed by atoms with Crippen molar-refractivity contribution in [1.29, 1.82) is 0 Å². The third kappa shape index (κ3) is 3.05. The zero-order valence-electron chi connectivity index (χ0n) is 9.19. The van der Waals surface area contributed by atoms with Crippen LogP contribution in [0.1, 0.15) is 10.4 Å². The van der Waals surface area contributed by atoms with Crippen LogP contribution >= 0.6 is 0 Å². The molecule has 0 unspecified atom stereocenters. The van der Waals surface area contributed by atoms with E-state index in [1.165, 1.54) is 0 Å². The molecule has 86 valence electrons. The maximum absolute atomic E-state index is 11.7. The van der Waals surface area contributed by atoms with Crippen LogP contribution in [0.5, 0.6) is 0 Å². The Labute approximate surface area is 95.2 Å². The van der Waals surface area contributed by atoms with Gasteiger partial charge in [-0.1, -0.05) is 18.2 Å². The van der Waals surface area contributed by atoms with Crippen molar-refractivity contribution < 1.29 is 9.53 Å². The first-order valence-corrected chi connectivity index (χ1v) is 5.49. The molecule has 4 nitrogen and oxygen atoms in total. The van der Waals surface area contributed by atoms with E-state index in [9.17, 15) is 4.79 Å². The van der Waals surface area contributed by atoms with Gasteiger partial charge < -0.3 is 10.1 Å². The monoisotopic (exact) mass is 220 g/mol. The first-order valence-electron chi connectivity index (χ1n) is 5.49. The smallest absolute Gasteiger partial charge is 0.252 e. The summed E-state index contributed by atoms with van der Waals surface area (Å²) in [6, 6.07) is 9.26. The second-order valence-corrected chi connectivity index (χ2v) is 3.76. The van der Waals surface area contributed by atoms with Gasteiger partial charge in [-0.05, 0) is 12.1 Å². The van der Waals surface area contributed by atoms with Crippen LogP contribution in [0.25, 0.3) is 0 Å². The summed E-state index contributed by atoms with van der Waals surface area (Å²) in [4.78, 5) is 13.9. The largest absolute Gasteiger partial charge is 0.379 e. The van der Waals surface area contributed by atoms with Gasteiger partial charge >= 0.3 is 0 Å². The van der Waals surface area contributed by atoms with Crippen LogP contribution in [-0.4, -0.2) is 43.8 Å². The minimum Gasteiger partial charge on any atom is -0.379 e. The van der Waals surface area contributed by atoms with E-state index in [2.05, 4.69) is 10.2 Å². The zero-order valence-corrected chi connectivity index (χ0v) is 9.19. The lowest BCUT2D eigenvalue weighted by molar-refractivity contribution is 0.0334. The highest BCUT2D eigenvalue weighted by molar-refractivity contribution is 5.94. The number of hydrogen-bond donors (Lipinski definition) is 1. The molecule has 16 heavy (non-hydrogen) atoms. The van der Waals surface area contributed by atoms with Crippen LogP contribution in [-0.2, 0) is 4.74 Å². The molecule has 2 rings (SSSR count). The number of ether oxygens (including phenoxy) is 1. The Morgan fingerprint density at radius 1 is 1.25 bits per heavy atom. The molecular weight excluding hydrogens is 204 g/mol. The van der Waals surface area contributed by atoms with Crippen LogP contribution in [0.2, 0.25) is 0 Å². The highest BCUT2D eigenvalue weighted by atomic mass is 16.5. The van der Waals surface area contributed by atoms with Crippen molar-refractivity contribution >= 4 is 5.91 Å². The lowest BCUT2D eigenvalue weighted by Crippen LogP contribution is -2.43. The molecule has 0 radical (unpaired) electrons. The third-order valence-electron chi connectivity index (χ3n) is 2.60. The molecular formula is C12H16N2O2. The van der Waals surface area contributed by atoms with Gasteiger partial charge in [0, 0.05) is 18.7 Å². The van der Waals surface area contributed by atoms with Crippen LogP contribution < -0.4 is 5.32 Å². The first kappa shape index (κ1) is 11.1. The first-order chi connectivity index (χ1) is 7.86. The van der Waals surface area contributed by atoms with Crippen LogP contribution in [0.3, 0.4) is 0 Å². The number of rotatable bonds is 3. The van der Waals surface area contributed by atoms with Crippen LogP contribution in [0.15, 0.2) is 30.3 Å². The molecule has 1 aromatic rings. The quantitative estimate of drug-likeness (QED) is 0.815. The number of benzene rings is 1. The summed E-state index contributed by atoms with van der Waals surface area (Å²) in [5.41, 5.74) is 0.704. The van der Waals surface area contributed by atoms with Gasteiger partial charge in [-0.2, -0.15) is 0 Å². The van der Waals surface area contributed by atoms with Crippen molar-refractivity contribution in [3.05, 3.63) is 35.9 Å². The van der Waals surface area contributed by atoms with Gasteiger partial charge in [-0.3, -0.25) is 9.69 Å². The summed E-state index contributed by atoms with van der Waals surface area (Å²) >= 11 is 0. The molecule has 1 amide bonds. The summed E-state index contributed by atoms with van der Waals surface area (Å²) < 4.78 is 5.24. The summed E-state index contributed by atoms with van der Waals surface area (Å²) in [7, 11) is 0. The number of nitrogens with one attached hydrogen (secondary N) is 1. The summed E-state index contributed by atoms with van der Waals surface area (Å²) in [5.74, 6) is -0.0212. The van der Waals surface area contributed by atoms with E-state index in [-0.39, 0.29) is 5.91 Å². The molecule has 1 N–H and O–H groups in total. The minimum absolute atomic E-state index is 0.0212. The lowest BCUT2D eigenvalue weighted by Gasteiger charge is -2.26. The maximum Gasteiger partial charge on any atom is 0.252 e. The third-order valence-corrected chi connectivity index (χ3v) is 2.60. The molecule has 0 aliphatic carbocycles. The predicted molar refractivity (Wildman–Crippen MR) is 61.2 cm³/mol. The molecule has 1 aromatic carbocycles. The Balaban J connectivity index is 1.79. The summed E-state index contributed by atoms with van der Waals surface area (Å²) in [6.07, 6.45) is 0. The maximum atomic E-state index is 11.7. The second kappa shape index (κ2) is 5.63. The fourth-order valence-electron chi connectivity index (χ4n) is 1.63. The Kier molecular flexibility index (Phi) is 3.91. The normalized spacial score (nSPS) is 17.0. The molecule has 1 fully saturated rings. The van der Waals surface area contributed by atoms with E-state index in [1.807, 2.05) is 30.3 Å². The molecule has 1 aliphatic heterocycles. The molecule has 0 saturated carbocycles. The number of carbonyl (C=O) groups is 1. The second-order valence-electron chi connectivity index (χ2n) is 3.76. The van der Waals surface area contributed by atoms with Gasteiger partial charge in [0.25, 0.3) is 5.91 Å². The van der Waals surface area contributed by atoms with Gasteiger partial charge in [0.1, 0.15) is 0 Å². The SMILES string of the molecule is O=C(NCN1CCOCC1)c1ccccc1. The number of hydrogen-bond acceptors (Lipinski definition) is 3. The number of morpholine rings is 1. The van der Waals surface area contributed by atoms with Crippen molar-refractivity contribution in [2.75, 3.05) is 33.0 Å². The molecule has 0 atom stereocenters. The van der Waals surface area contributed by atoms with E-state index in [4.69, 9.17) is 4.74 Å². The molecule has 0 aromatic heterocycles. The van der Waals surface area contributed by atoms with Crippen molar-refractivity contribution in [3.63, 3.8) is 0 Å². The van der Waals surface area contributed by atoms with E-state index >= 15 is 0 Å². The molecule has 1 heterocycles.